The molecule has 3 aromatic rings. The number of carbonyl (C=O) groups excluding carboxylic acids is 1. The Balaban J connectivity index is 1.48. The van der Waals surface area contributed by atoms with E-state index in [1.165, 1.54) is 12.1 Å². The molecule has 1 aliphatic heterocycles. The highest BCUT2D eigenvalue weighted by atomic mass is 32.2. The standard InChI is InChI=1S/C25H24O7S/c1-18-7-9-21(10-8-18)33(27,28)31-17-20-16-30-24-12-11-23(22(13-14-26)25(24)32-20)29-15-19-5-3-2-4-6-19/h2-12,14,20H,13,15-17H2,1H3. The van der Waals surface area contributed by atoms with E-state index in [2.05, 4.69) is 0 Å². The van der Waals surface area contributed by atoms with Gasteiger partial charge >= 0.3 is 0 Å². The van der Waals surface area contributed by atoms with Crippen molar-refractivity contribution >= 4 is 16.4 Å². The number of benzene rings is 3. The highest BCUT2D eigenvalue weighted by Crippen LogP contribution is 2.41. The predicted molar refractivity (Wildman–Crippen MR) is 121 cm³/mol. The predicted octanol–water partition coefficient (Wildman–Crippen LogP) is 3.86. The molecule has 0 N–H and O–H groups in total. The summed E-state index contributed by atoms with van der Waals surface area (Å²) in [5.74, 6) is 1.33. The summed E-state index contributed by atoms with van der Waals surface area (Å²) in [5.41, 5.74) is 2.48. The Morgan fingerprint density at radius 1 is 1.03 bits per heavy atom. The van der Waals surface area contributed by atoms with Crippen molar-refractivity contribution in [2.75, 3.05) is 13.2 Å². The van der Waals surface area contributed by atoms with E-state index in [0.717, 1.165) is 17.4 Å². The van der Waals surface area contributed by atoms with Crippen LogP contribution in [0.15, 0.2) is 71.6 Å². The Morgan fingerprint density at radius 2 is 1.79 bits per heavy atom. The molecule has 1 unspecified atom stereocenters. The maximum Gasteiger partial charge on any atom is 0.297 e. The molecular weight excluding hydrogens is 444 g/mol. The van der Waals surface area contributed by atoms with Gasteiger partial charge in [0.05, 0.1) is 4.90 Å². The van der Waals surface area contributed by atoms with Crippen LogP contribution in [0.2, 0.25) is 0 Å². The van der Waals surface area contributed by atoms with Crippen LogP contribution in [-0.2, 0) is 32.1 Å². The minimum absolute atomic E-state index is 0.0614. The third-order valence-electron chi connectivity index (χ3n) is 5.13. The Hall–Kier alpha value is -3.36. The molecule has 0 radical (unpaired) electrons. The molecule has 0 spiro atoms. The maximum atomic E-state index is 12.5. The van der Waals surface area contributed by atoms with Gasteiger partial charge < -0.3 is 19.0 Å². The van der Waals surface area contributed by atoms with E-state index in [9.17, 15) is 13.2 Å². The fraction of sp³-hybridized carbons (Fsp3) is 0.240. The van der Waals surface area contributed by atoms with E-state index in [4.69, 9.17) is 18.4 Å². The number of rotatable bonds is 9. The molecule has 3 aromatic carbocycles. The van der Waals surface area contributed by atoms with Crippen LogP contribution in [0.5, 0.6) is 17.2 Å². The van der Waals surface area contributed by atoms with Gasteiger partial charge in [0.15, 0.2) is 17.6 Å². The van der Waals surface area contributed by atoms with Crippen molar-refractivity contribution in [3.8, 4) is 17.2 Å². The molecular formula is C25H24O7S. The topological polar surface area (TPSA) is 88.1 Å². The van der Waals surface area contributed by atoms with Crippen molar-refractivity contribution in [1.82, 2.24) is 0 Å². The van der Waals surface area contributed by atoms with Crippen LogP contribution in [0.1, 0.15) is 16.7 Å². The summed E-state index contributed by atoms with van der Waals surface area (Å²) in [6.07, 6.45) is 0.148. The molecule has 4 rings (SSSR count). The molecule has 0 bridgehead atoms. The molecule has 0 fully saturated rings. The van der Waals surface area contributed by atoms with E-state index in [-0.39, 0.29) is 24.5 Å². The molecule has 1 heterocycles. The van der Waals surface area contributed by atoms with Crippen LogP contribution in [0.4, 0.5) is 0 Å². The number of ether oxygens (including phenoxy) is 3. The number of aldehydes is 1. The summed E-state index contributed by atoms with van der Waals surface area (Å²) in [7, 11) is -3.94. The van der Waals surface area contributed by atoms with Crippen molar-refractivity contribution in [3.05, 3.63) is 83.4 Å². The molecule has 33 heavy (non-hydrogen) atoms. The molecule has 0 saturated heterocycles. The zero-order valence-corrected chi connectivity index (χ0v) is 18.9. The minimum Gasteiger partial charge on any atom is -0.488 e. The van der Waals surface area contributed by atoms with Crippen molar-refractivity contribution < 1.29 is 31.6 Å². The summed E-state index contributed by atoms with van der Waals surface area (Å²) >= 11 is 0. The highest BCUT2D eigenvalue weighted by Gasteiger charge is 2.28. The third-order valence-corrected chi connectivity index (χ3v) is 6.43. The summed E-state index contributed by atoms with van der Waals surface area (Å²) in [5, 5.41) is 0. The Kier molecular flexibility index (Phi) is 6.96. The number of aryl methyl sites for hydroxylation is 1. The lowest BCUT2D eigenvalue weighted by Crippen LogP contribution is -2.34. The lowest BCUT2D eigenvalue weighted by molar-refractivity contribution is -0.107. The molecule has 0 saturated carbocycles. The van der Waals surface area contributed by atoms with Crippen LogP contribution >= 0.6 is 0 Å². The normalized spacial score (nSPS) is 15.1. The fourth-order valence-electron chi connectivity index (χ4n) is 3.38. The highest BCUT2D eigenvalue weighted by molar-refractivity contribution is 7.86. The second-order valence-electron chi connectivity index (χ2n) is 7.62. The van der Waals surface area contributed by atoms with Gasteiger partial charge in [0, 0.05) is 12.0 Å². The van der Waals surface area contributed by atoms with Gasteiger partial charge in [0.2, 0.25) is 0 Å². The third kappa shape index (κ3) is 5.53. The number of hydrogen-bond donors (Lipinski definition) is 0. The molecule has 0 aromatic heterocycles. The first-order valence-electron chi connectivity index (χ1n) is 10.5. The van der Waals surface area contributed by atoms with Crippen molar-refractivity contribution in [3.63, 3.8) is 0 Å². The SMILES string of the molecule is Cc1ccc(S(=O)(=O)OCC2COc3ccc(OCc4ccccc4)c(CC=O)c3O2)cc1. The number of carbonyl (C=O) groups is 1. The van der Waals surface area contributed by atoms with E-state index in [1.54, 1.807) is 24.3 Å². The van der Waals surface area contributed by atoms with Crippen molar-refractivity contribution in [2.45, 2.75) is 31.0 Å². The van der Waals surface area contributed by atoms with Crippen LogP contribution in [-0.4, -0.2) is 34.0 Å². The summed E-state index contributed by atoms with van der Waals surface area (Å²) < 4.78 is 47.9. The summed E-state index contributed by atoms with van der Waals surface area (Å²) in [4.78, 5) is 11.4. The first-order chi connectivity index (χ1) is 16.0. The maximum absolute atomic E-state index is 12.5. The van der Waals surface area contributed by atoms with Crippen LogP contribution < -0.4 is 14.2 Å². The fourth-order valence-corrected chi connectivity index (χ4v) is 4.32. The average Bonchev–Trinajstić information content (AvgIpc) is 2.83. The van der Waals surface area contributed by atoms with Gasteiger partial charge in [0.1, 0.15) is 31.9 Å². The Bertz CT molecular complexity index is 1210. The first kappa shape index (κ1) is 22.8. The van der Waals surface area contributed by atoms with Crippen LogP contribution in [0.3, 0.4) is 0 Å². The monoisotopic (exact) mass is 468 g/mol. The number of hydrogen-bond acceptors (Lipinski definition) is 7. The number of fused-ring (bicyclic) bond motifs is 1. The quantitative estimate of drug-likeness (QED) is 0.348. The minimum atomic E-state index is -3.94. The lowest BCUT2D eigenvalue weighted by Gasteiger charge is -2.28. The van der Waals surface area contributed by atoms with Gasteiger partial charge in [-0.25, -0.2) is 0 Å². The van der Waals surface area contributed by atoms with Gasteiger partial charge in [-0.3, -0.25) is 4.18 Å². The van der Waals surface area contributed by atoms with Gasteiger partial charge in [-0.1, -0.05) is 48.0 Å². The smallest absolute Gasteiger partial charge is 0.297 e. The zero-order chi connectivity index (χ0) is 23.3. The van der Waals surface area contributed by atoms with E-state index in [0.29, 0.717) is 29.4 Å². The van der Waals surface area contributed by atoms with Gasteiger partial charge in [-0.15, -0.1) is 0 Å². The van der Waals surface area contributed by atoms with E-state index in [1.807, 2.05) is 37.3 Å². The lowest BCUT2D eigenvalue weighted by atomic mass is 10.1. The van der Waals surface area contributed by atoms with E-state index >= 15 is 0 Å². The second-order valence-corrected chi connectivity index (χ2v) is 9.23. The van der Waals surface area contributed by atoms with E-state index < -0.39 is 16.2 Å². The molecule has 1 atom stereocenters. The molecule has 0 aliphatic carbocycles. The molecule has 7 nitrogen and oxygen atoms in total. The average molecular weight is 469 g/mol. The Morgan fingerprint density at radius 3 is 2.52 bits per heavy atom. The summed E-state index contributed by atoms with van der Waals surface area (Å²) in [6, 6.07) is 19.5. The van der Waals surface area contributed by atoms with Crippen molar-refractivity contribution in [2.24, 2.45) is 0 Å². The molecule has 8 heteroatoms. The summed E-state index contributed by atoms with van der Waals surface area (Å²) in [6.45, 7) is 2.08. The largest absolute Gasteiger partial charge is 0.488 e. The van der Waals surface area contributed by atoms with Crippen LogP contribution in [0, 0.1) is 6.92 Å². The van der Waals surface area contributed by atoms with Gasteiger partial charge in [-0.2, -0.15) is 8.42 Å². The second kappa shape index (κ2) is 10.1. The Labute approximate surface area is 193 Å². The zero-order valence-electron chi connectivity index (χ0n) is 18.1. The van der Waals surface area contributed by atoms with Crippen LogP contribution in [0.25, 0.3) is 0 Å². The molecule has 0 amide bonds. The molecule has 172 valence electrons. The van der Waals surface area contributed by atoms with Gasteiger partial charge in [-0.05, 0) is 36.8 Å². The molecule has 1 aliphatic rings. The first-order valence-corrected chi connectivity index (χ1v) is 11.9. The van der Waals surface area contributed by atoms with Crippen molar-refractivity contribution in [1.29, 1.82) is 0 Å². The van der Waals surface area contributed by atoms with Gasteiger partial charge in [0.25, 0.3) is 10.1 Å².